The average Bonchev–Trinajstić information content (AvgIpc) is 2.39. The molecule has 1 aliphatic rings. The van der Waals surface area contributed by atoms with Gasteiger partial charge in [-0.25, -0.2) is 8.42 Å². The molecule has 0 bridgehead atoms. The molecule has 3 nitrogen and oxygen atoms in total. The summed E-state index contributed by atoms with van der Waals surface area (Å²) in [5, 5.41) is -0.326. The van der Waals surface area contributed by atoms with E-state index < -0.39 is 9.84 Å². The summed E-state index contributed by atoms with van der Waals surface area (Å²) in [6, 6.07) is 6.95. The normalized spacial score (nSPS) is 17.3. The van der Waals surface area contributed by atoms with Crippen molar-refractivity contribution < 1.29 is 13.2 Å². The third-order valence-corrected chi connectivity index (χ3v) is 6.41. The zero-order valence-electron chi connectivity index (χ0n) is 10.6. The Morgan fingerprint density at radius 1 is 1.16 bits per heavy atom. The molecule has 1 aromatic carbocycles. The molecule has 0 heterocycles. The van der Waals surface area contributed by atoms with Crippen LogP contribution < -0.4 is 0 Å². The molecule has 0 radical (unpaired) electrons. The molecule has 1 saturated carbocycles. The predicted octanol–water partition coefficient (Wildman–Crippen LogP) is 3.38. The Hall–Kier alpha value is -0.680. The number of benzene rings is 1. The predicted molar refractivity (Wildman–Crippen MR) is 79.1 cm³/mol. The van der Waals surface area contributed by atoms with Gasteiger partial charge in [0, 0.05) is 10.0 Å². The van der Waals surface area contributed by atoms with Crippen LogP contribution >= 0.6 is 15.9 Å². The number of rotatable bonds is 4. The van der Waals surface area contributed by atoms with Crippen molar-refractivity contribution in [3.63, 3.8) is 0 Å². The van der Waals surface area contributed by atoms with Crippen molar-refractivity contribution in [2.24, 2.45) is 0 Å². The van der Waals surface area contributed by atoms with Gasteiger partial charge in [0.1, 0.15) is 5.75 Å². The first-order valence-electron chi connectivity index (χ1n) is 6.50. The number of hydrogen-bond acceptors (Lipinski definition) is 3. The first kappa shape index (κ1) is 14.7. The third-order valence-electron chi connectivity index (χ3n) is 3.57. The molecule has 0 aliphatic heterocycles. The second-order valence-corrected chi connectivity index (χ2v) is 8.11. The van der Waals surface area contributed by atoms with E-state index in [4.69, 9.17) is 0 Å². The zero-order chi connectivity index (χ0) is 13.9. The quantitative estimate of drug-likeness (QED) is 0.786. The lowest BCUT2D eigenvalue weighted by molar-refractivity contribution is 0.102. The highest BCUT2D eigenvalue weighted by Crippen LogP contribution is 2.25. The second-order valence-electron chi connectivity index (χ2n) is 4.97. The summed E-state index contributed by atoms with van der Waals surface area (Å²) in [4.78, 5) is 12.1. The smallest absolute Gasteiger partial charge is 0.179 e. The van der Waals surface area contributed by atoms with Gasteiger partial charge in [-0.15, -0.1) is 0 Å². The SMILES string of the molecule is O=C(CS(=O)(=O)C1CCCCC1)c1ccccc1Br. The van der Waals surface area contributed by atoms with Gasteiger partial charge in [-0.3, -0.25) is 4.79 Å². The van der Waals surface area contributed by atoms with Crippen molar-refractivity contribution in [2.75, 3.05) is 5.75 Å². The highest BCUT2D eigenvalue weighted by atomic mass is 79.9. The van der Waals surface area contributed by atoms with E-state index >= 15 is 0 Å². The van der Waals surface area contributed by atoms with Crippen molar-refractivity contribution in [2.45, 2.75) is 37.4 Å². The van der Waals surface area contributed by atoms with E-state index in [1.165, 1.54) is 0 Å². The number of carbonyl (C=O) groups is 1. The van der Waals surface area contributed by atoms with Crippen LogP contribution in [-0.2, 0) is 9.84 Å². The van der Waals surface area contributed by atoms with Crippen LogP contribution in [-0.4, -0.2) is 25.2 Å². The van der Waals surface area contributed by atoms with Crippen molar-refractivity contribution in [1.29, 1.82) is 0 Å². The van der Waals surface area contributed by atoms with Crippen LogP contribution in [0.3, 0.4) is 0 Å². The lowest BCUT2D eigenvalue weighted by atomic mass is 10.0. The standard InChI is InChI=1S/C14H17BrO3S/c15-13-9-5-4-8-12(13)14(16)10-19(17,18)11-6-2-1-3-7-11/h4-5,8-9,11H,1-3,6-7,10H2. The van der Waals surface area contributed by atoms with Crippen LogP contribution in [0.25, 0.3) is 0 Å². The largest absolute Gasteiger partial charge is 0.293 e. The molecule has 0 saturated heterocycles. The Morgan fingerprint density at radius 3 is 2.42 bits per heavy atom. The molecule has 2 rings (SSSR count). The van der Waals surface area contributed by atoms with Gasteiger partial charge in [0.05, 0.1) is 5.25 Å². The maximum absolute atomic E-state index is 12.2. The van der Waals surface area contributed by atoms with Crippen LogP contribution in [0.2, 0.25) is 0 Å². The third kappa shape index (κ3) is 3.66. The summed E-state index contributed by atoms with van der Waals surface area (Å²) < 4.78 is 25.1. The summed E-state index contributed by atoms with van der Waals surface area (Å²) in [5.74, 6) is -0.696. The molecule has 0 N–H and O–H groups in total. The summed E-state index contributed by atoms with van der Waals surface area (Å²) in [5.41, 5.74) is 0.446. The molecule has 19 heavy (non-hydrogen) atoms. The Balaban J connectivity index is 2.12. The first-order valence-corrected chi connectivity index (χ1v) is 9.01. The number of halogens is 1. The fourth-order valence-corrected chi connectivity index (χ4v) is 4.80. The maximum atomic E-state index is 12.2. The molecule has 104 valence electrons. The Morgan fingerprint density at radius 2 is 1.79 bits per heavy atom. The van der Waals surface area contributed by atoms with E-state index in [1.54, 1.807) is 24.3 Å². The number of sulfone groups is 1. The summed E-state index contributed by atoms with van der Waals surface area (Å²) >= 11 is 3.28. The Bertz CT molecular complexity index is 560. The van der Waals surface area contributed by atoms with E-state index in [-0.39, 0.29) is 16.8 Å². The van der Waals surface area contributed by atoms with Crippen molar-refractivity contribution in [1.82, 2.24) is 0 Å². The molecule has 0 aromatic heterocycles. The van der Waals surface area contributed by atoms with Gasteiger partial charge in [0.15, 0.2) is 15.6 Å². The zero-order valence-corrected chi connectivity index (χ0v) is 13.0. The van der Waals surface area contributed by atoms with E-state index in [2.05, 4.69) is 15.9 Å². The molecule has 1 fully saturated rings. The highest BCUT2D eigenvalue weighted by Gasteiger charge is 2.30. The molecule has 1 aromatic rings. The molecule has 0 amide bonds. The molecule has 0 spiro atoms. The van der Waals surface area contributed by atoms with Gasteiger partial charge in [0.2, 0.25) is 0 Å². The fourth-order valence-electron chi connectivity index (χ4n) is 2.49. The van der Waals surface area contributed by atoms with E-state index in [0.717, 1.165) is 19.3 Å². The van der Waals surface area contributed by atoms with Gasteiger partial charge in [0.25, 0.3) is 0 Å². The van der Waals surface area contributed by atoms with Gasteiger partial charge < -0.3 is 0 Å². The topological polar surface area (TPSA) is 51.2 Å². The minimum Gasteiger partial charge on any atom is -0.293 e. The van der Waals surface area contributed by atoms with Crippen molar-refractivity contribution >= 4 is 31.6 Å². The number of Topliss-reactive ketones (excluding diaryl/α,β-unsaturated/α-hetero) is 1. The van der Waals surface area contributed by atoms with Crippen molar-refractivity contribution in [3.05, 3.63) is 34.3 Å². The minimum atomic E-state index is -3.32. The lowest BCUT2D eigenvalue weighted by Gasteiger charge is -2.21. The highest BCUT2D eigenvalue weighted by molar-refractivity contribution is 9.10. The maximum Gasteiger partial charge on any atom is 0.179 e. The number of ketones is 1. The van der Waals surface area contributed by atoms with E-state index in [0.29, 0.717) is 22.9 Å². The van der Waals surface area contributed by atoms with Gasteiger partial charge in [-0.2, -0.15) is 0 Å². The van der Waals surface area contributed by atoms with Crippen molar-refractivity contribution in [3.8, 4) is 0 Å². The van der Waals surface area contributed by atoms with Crippen LogP contribution in [0.15, 0.2) is 28.7 Å². The molecule has 5 heteroatoms. The molecular formula is C14H17BrO3S. The van der Waals surface area contributed by atoms with Crippen LogP contribution in [0.5, 0.6) is 0 Å². The molecule has 0 unspecified atom stereocenters. The summed E-state index contributed by atoms with van der Waals surface area (Å²) in [6.07, 6.45) is 4.40. The number of carbonyl (C=O) groups excluding carboxylic acids is 1. The fraction of sp³-hybridized carbons (Fsp3) is 0.500. The second kappa shape index (κ2) is 6.18. The summed E-state index contributed by atoms with van der Waals surface area (Å²) in [7, 11) is -3.32. The monoisotopic (exact) mass is 344 g/mol. The van der Waals surface area contributed by atoms with E-state index in [1.807, 2.05) is 0 Å². The minimum absolute atomic E-state index is 0.321. The van der Waals surface area contributed by atoms with Crippen LogP contribution in [0.4, 0.5) is 0 Å². The van der Waals surface area contributed by atoms with Gasteiger partial charge >= 0.3 is 0 Å². The molecule has 0 atom stereocenters. The lowest BCUT2D eigenvalue weighted by Crippen LogP contribution is -2.29. The number of hydrogen-bond donors (Lipinski definition) is 0. The molecular weight excluding hydrogens is 328 g/mol. The van der Waals surface area contributed by atoms with Gasteiger partial charge in [-0.05, 0) is 18.9 Å². The van der Waals surface area contributed by atoms with Crippen LogP contribution in [0, 0.1) is 0 Å². The van der Waals surface area contributed by atoms with Crippen LogP contribution in [0.1, 0.15) is 42.5 Å². The van der Waals surface area contributed by atoms with Gasteiger partial charge in [-0.1, -0.05) is 53.4 Å². The Labute approximate surface area is 122 Å². The molecule has 1 aliphatic carbocycles. The average molecular weight is 345 g/mol. The van der Waals surface area contributed by atoms with E-state index in [9.17, 15) is 13.2 Å². The Kier molecular flexibility index (Phi) is 4.79. The summed E-state index contributed by atoms with van der Waals surface area (Å²) in [6.45, 7) is 0. The first-order chi connectivity index (χ1) is 9.00.